The van der Waals surface area contributed by atoms with E-state index in [1.807, 2.05) is 64.1 Å². The van der Waals surface area contributed by atoms with Crippen molar-refractivity contribution in [1.82, 2.24) is 4.90 Å². The van der Waals surface area contributed by atoms with E-state index in [2.05, 4.69) is 49.4 Å². The van der Waals surface area contributed by atoms with Gasteiger partial charge in [-0.3, -0.25) is 0 Å². The van der Waals surface area contributed by atoms with E-state index in [1.54, 1.807) is 7.11 Å². The first-order chi connectivity index (χ1) is 22.4. The number of rotatable bonds is 14. The van der Waals surface area contributed by atoms with Gasteiger partial charge >= 0.3 is 6.09 Å². The molecule has 0 fully saturated rings. The van der Waals surface area contributed by atoms with E-state index in [9.17, 15) is 9.90 Å². The van der Waals surface area contributed by atoms with Gasteiger partial charge in [0.05, 0.1) is 16.7 Å². The van der Waals surface area contributed by atoms with Gasteiger partial charge in [0, 0.05) is 25.1 Å². The minimum atomic E-state index is -0.928. The molecule has 0 aliphatic rings. The molecule has 0 aromatic heterocycles. The standard InChI is InChI=1S/C39H45Cl2NO5/c1-26-21-35(40)37(36(41)22-26)47-20-19-46-32-14-11-28(12-15-32)24-31(25-42(38(43)44)39(3,4)5)33-16-13-30(23-27(33)2)34-10-8-7-9-29(34)17-18-45-6/h7-16,21-23,31H,17-20,24-25H2,1-6H3,(H,43,44). The first-order valence-corrected chi connectivity index (χ1v) is 16.6. The number of hydrogen-bond acceptors (Lipinski definition) is 4. The van der Waals surface area contributed by atoms with Gasteiger partial charge in [-0.2, -0.15) is 0 Å². The smallest absolute Gasteiger partial charge is 0.407 e. The molecule has 0 radical (unpaired) electrons. The molecule has 47 heavy (non-hydrogen) atoms. The molecule has 250 valence electrons. The van der Waals surface area contributed by atoms with E-state index < -0.39 is 11.6 Å². The van der Waals surface area contributed by atoms with Crippen LogP contribution in [-0.2, 0) is 17.6 Å². The van der Waals surface area contributed by atoms with Gasteiger partial charge in [-0.15, -0.1) is 0 Å². The number of carboxylic acid groups (broad SMARTS) is 1. The zero-order valence-corrected chi connectivity index (χ0v) is 29.6. The molecule has 1 atom stereocenters. The fraction of sp³-hybridized carbons (Fsp3) is 0.359. The maximum Gasteiger partial charge on any atom is 0.407 e. The Morgan fingerprint density at radius 3 is 2.15 bits per heavy atom. The van der Waals surface area contributed by atoms with E-state index in [0.29, 0.717) is 47.7 Å². The number of carbonyl (C=O) groups is 1. The normalized spacial score (nSPS) is 12.1. The minimum absolute atomic E-state index is 0.0627. The predicted octanol–water partition coefficient (Wildman–Crippen LogP) is 10.0. The van der Waals surface area contributed by atoms with Crippen LogP contribution in [0.15, 0.2) is 78.9 Å². The summed E-state index contributed by atoms with van der Waals surface area (Å²) in [5.74, 6) is 1.10. The quantitative estimate of drug-likeness (QED) is 0.135. The van der Waals surface area contributed by atoms with Crippen molar-refractivity contribution in [3.63, 3.8) is 0 Å². The zero-order chi connectivity index (χ0) is 34.1. The lowest BCUT2D eigenvalue weighted by atomic mass is 9.86. The van der Waals surface area contributed by atoms with Crippen LogP contribution in [0.5, 0.6) is 11.5 Å². The lowest BCUT2D eigenvalue weighted by Crippen LogP contribution is -2.47. The van der Waals surface area contributed by atoms with Crippen LogP contribution in [0.2, 0.25) is 10.0 Å². The molecule has 0 saturated heterocycles. The van der Waals surface area contributed by atoms with Crippen LogP contribution in [0.25, 0.3) is 11.1 Å². The van der Waals surface area contributed by atoms with Crippen molar-refractivity contribution in [2.75, 3.05) is 33.5 Å². The second-order valence-corrected chi connectivity index (χ2v) is 13.6. The molecule has 0 aliphatic heterocycles. The number of halogens is 2. The second-order valence-electron chi connectivity index (χ2n) is 12.8. The third-order valence-electron chi connectivity index (χ3n) is 8.20. The number of nitrogens with zero attached hydrogens (tertiary/aromatic N) is 1. The van der Waals surface area contributed by atoms with E-state index >= 15 is 0 Å². The molecule has 0 heterocycles. The van der Waals surface area contributed by atoms with Crippen LogP contribution < -0.4 is 9.47 Å². The number of ether oxygens (including phenoxy) is 3. The third-order valence-corrected chi connectivity index (χ3v) is 8.77. The van der Waals surface area contributed by atoms with Gasteiger partial charge in [0.15, 0.2) is 5.75 Å². The summed E-state index contributed by atoms with van der Waals surface area (Å²) < 4.78 is 17.0. The topological polar surface area (TPSA) is 68.2 Å². The Balaban J connectivity index is 1.51. The summed E-state index contributed by atoms with van der Waals surface area (Å²) in [6, 6.07) is 26.5. The Kier molecular flexibility index (Phi) is 12.6. The highest BCUT2D eigenvalue weighted by Gasteiger charge is 2.30. The molecule has 1 amide bonds. The average molecular weight is 679 g/mol. The van der Waals surface area contributed by atoms with E-state index in [4.69, 9.17) is 37.4 Å². The van der Waals surface area contributed by atoms with E-state index in [-0.39, 0.29) is 12.5 Å². The molecule has 8 heteroatoms. The van der Waals surface area contributed by atoms with Crippen LogP contribution in [0, 0.1) is 13.8 Å². The Morgan fingerprint density at radius 1 is 0.872 bits per heavy atom. The van der Waals surface area contributed by atoms with Gasteiger partial charge in [0.1, 0.15) is 19.0 Å². The Bertz CT molecular complexity index is 1630. The highest BCUT2D eigenvalue weighted by molar-refractivity contribution is 6.37. The van der Waals surface area contributed by atoms with Gasteiger partial charge in [-0.1, -0.05) is 77.8 Å². The van der Waals surface area contributed by atoms with Crippen molar-refractivity contribution >= 4 is 29.3 Å². The summed E-state index contributed by atoms with van der Waals surface area (Å²) in [7, 11) is 1.72. The summed E-state index contributed by atoms with van der Waals surface area (Å²) in [6.45, 7) is 11.5. The molecule has 0 saturated carbocycles. The van der Waals surface area contributed by atoms with Crippen molar-refractivity contribution in [3.05, 3.63) is 117 Å². The monoisotopic (exact) mass is 677 g/mol. The molecule has 4 rings (SSSR count). The van der Waals surface area contributed by atoms with Gasteiger partial charge < -0.3 is 24.2 Å². The minimum Gasteiger partial charge on any atom is -0.490 e. The fourth-order valence-corrected chi connectivity index (χ4v) is 6.50. The van der Waals surface area contributed by atoms with Crippen molar-refractivity contribution in [2.24, 2.45) is 0 Å². The molecule has 0 bridgehead atoms. The highest BCUT2D eigenvalue weighted by atomic mass is 35.5. The number of benzene rings is 4. The zero-order valence-electron chi connectivity index (χ0n) is 28.1. The fourth-order valence-electron chi connectivity index (χ4n) is 5.80. The van der Waals surface area contributed by atoms with Crippen molar-refractivity contribution in [1.29, 1.82) is 0 Å². The van der Waals surface area contributed by atoms with Crippen LogP contribution in [0.1, 0.15) is 54.5 Å². The van der Waals surface area contributed by atoms with Crippen molar-refractivity contribution in [2.45, 2.75) is 58.9 Å². The Hall–Kier alpha value is -3.71. The number of amides is 1. The summed E-state index contributed by atoms with van der Waals surface area (Å²) in [6.07, 6.45) is 0.568. The Morgan fingerprint density at radius 2 is 1.53 bits per heavy atom. The molecule has 1 unspecified atom stereocenters. The highest BCUT2D eigenvalue weighted by Crippen LogP contribution is 2.35. The van der Waals surface area contributed by atoms with Crippen LogP contribution >= 0.6 is 23.2 Å². The maximum absolute atomic E-state index is 12.4. The number of hydrogen-bond donors (Lipinski definition) is 1. The van der Waals surface area contributed by atoms with Crippen LogP contribution in [0.3, 0.4) is 0 Å². The Labute approximate surface area is 289 Å². The molecular weight excluding hydrogens is 633 g/mol. The predicted molar refractivity (Wildman–Crippen MR) is 192 cm³/mol. The third kappa shape index (κ3) is 9.90. The lowest BCUT2D eigenvalue weighted by Gasteiger charge is -2.36. The van der Waals surface area contributed by atoms with Crippen molar-refractivity contribution in [3.8, 4) is 22.6 Å². The second kappa shape index (κ2) is 16.4. The number of aryl methyl sites for hydroxylation is 2. The van der Waals surface area contributed by atoms with Gasteiger partial charge in [-0.05, 0) is 111 Å². The summed E-state index contributed by atoms with van der Waals surface area (Å²) in [5, 5.41) is 11.1. The SMILES string of the molecule is COCCc1ccccc1-c1ccc(C(Cc2ccc(OCCOc3c(Cl)cc(C)cc3Cl)cc2)CN(C(=O)O)C(C)(C)C)c(C)c1. The molecule has 4 aromatic carbocycles. The molecule has 1 N–H and O–H groups in total. The largest absolute Gasteiger partial charge is 0.490 e. The van der Waals surface area contributed by atoms with Crippen LogP contribution in [-0.4, -0.2) is 55.1 Å². The summed E-state index contributed by atoms with van der Waals surface area (Å²) in [5.41, 5.74) is 7.32. The first-order valence-electron chi connectivity index (χ1n) is 15.9. The van der Waals surface area contributed by atoms with Gasteiger partial charge in [-0.25, -0.2) is 4.79 Å². The van der Waals surface area contributed by atoms with Gasteiger partial charge in [0.25, 0.3) is 0 Å². The molecule has 4 aromatic rings. The average Bonchev–Trinajstić information content (AvgIpc) is 3.01. The molecule has 0 aliphatic carbocycles. The molecular formula is C39H45Cl2NO5. The van der Waals surface area contributed by atoms with Gasteiger partial charge in [0.2, 0.25) is 0 Å². The number of methoxy groups -OCH3 is 1. The summed E-state index contributed by atoms with van der Waals surface area (Å²) in [4.78, 5) is 13.9. The lowest BCUT2D eigenvalue weighted by molar-refractivity contribution is 0.0956. The van der Waals surface area contributed by atoms with Crippen molar-refractivity contribution < 1.29 is 24.1 Å². The van der Waals surface area contributed by atoms with E-state index in [0.717, 1.165) is 34.2 Å². The maximum atomic E-state index is 12.4. The molecule has 6 nitrogen and oxygen atoms in total. The first kappa shape index (κ1) is 36.1. The van der Waals surface area contributed by atoms with Crippen LogP contribution in [0.4, 0.5) is 4.79 Å². The molecule has 0 spiro atoms. The van der Waals surface area contributed by atoms with E-state index in [1.165, 1.54) is 16.0 Å². The summed E-state index contributed by atoms with van der Waals surface area (Å²) >= 11 is 12.6.